The van der Waals surface area contributed by atoms with E-state index in [2.05, 4.69) is 47.5 Å². The van der Waals surface area contributed by atoms with Gasteiger partial charge in [0, 0.05) is 18.5 Å². The number of nitrogens with one attached hydrogen (secondary N) is 1. The number of benzene rings is 2. The molecule has 0 saturated heterocycles. The van der Waals surface area contributed by atoms with Gasteiger partial charge >= 0.3 is 0 Å². The Kier molecular flexibility index (Phi) is 5.20. The second kappa shape index (κ2) is 8.03. The Morgan fingerprint density at radius 3 is 2.48 bits per heavy atom. The summed E-state index contributed by atoms with van der Waals surface area (Å²) in [6, 6.07) is 14.7. The van der Waals surface area contributed by atoms with E-state index in [-0.39, 0.29) is 23.8 Å². The summed E-state index contributed by atoms with van der Waals surface area (Å²) in [6.07, 6.45) is 4.40. The summed E-state index contributed by atoms with van der Waals surface area (Å²) in [7, 11) is 0. The van der Waals surface area contributed by atoms with Gasteiger partial charge in [-0.15, -0.1) is 0 Å². The molecule has 1 heterocycles. The number of amides is 2. The number of ether oxygens (including phenoxy) is 1. The molecule has 3 aliphatic rings. The topological polar surface area (TPSA) is 58.6 Å². The number of fused-ring (bicyclic) bond motifs is 1. The van der Waals surface area contributed by atoms with Gasteiger partial charge in [0.2, 0.25) is 5.91 Å². The van der Waals surface area contributed by atoms with Gasteiger partial charge in [0.05, 0.1) is 6.04 Å². The van der Waals surface area contributed by atoms with Crippen molar-refractivity contribution in [1.82, 2.24) is 10.2 Å². The molecule has 0 spiro atoms. The van der Waals surface area contributed by atoms with Crippen molar-refractivity contribution < 1.29 is 14.3 Å². The van der Waals surface area contributed by atoms with Gasteiger partial charge < -0.3 is 15.0 Å². The Balaban J connectivity index is 1.45. The zero-order valence-electron chi connectivity index (χ0n) is 18.3. The van der Waals surface area contributed by atoms with E-state index in [1.807, 2.05) is 12.1 Å². The highest BCUT2D eigenvalue weighted by Crippen LogP contribution is 2.41. The SMILES string of the molecule is Cc1ccc([C@H]2c3cc(O[C@@H](C)C(=O)NC4CC4)ccc3CCN2C(=O)C2CC2)cc1. The predicted octanol–water partition coefficient (Wildman–Crippen LogP) is 3.93. The second-order valence-electron chi connectivity index (χ2n) is 9.27. The van der Waals surface area contributed by atoms with E-state index in [9.17, 15) is 9.59 Å². The number of hydrogen-bond acceptors (Lipinski definition) is 3. The summed E-state index contributed by atoms with van der Waals surface area (Å²) in [5, 5.41) is 3.00. The van der Waals surface area contributed by atoms with Gasteiger partial charge in [-0.2, -0.15) is 0 Å². The zero-order valence-corrected chi connectivity index (χ0v) is 18.3. The smallest absolute Gasteiger partial charge is 0.260 e. The molecule has 2 amide bonds. The van der Waals surface area contributed by atoms with E-state index < -0.39 is 6.10 Å². The minimum Gasteiger partial charge on any atom is -0.481 e. The van der Waals surface area contributed by atoms with E-state index >= 15 is 0 Å². The lowest BCUT2D eigenvalue weighted by molar-refractivity contribution is -0.134. The molecular weight excluding hydrogens is 388 g/mol. The molecule has 1 aliphatic heterocycles. The lowest BCUT2D eigenvalue weighted by Crippen LogP contribution is -2.41. The van der Waals surface area contributed by atoms with Crippen LogP contribution in [-0.2, 0) is 16.0 Å². The third-order valence-corrected chi connectivity index (χ3v) is 6.55. The first-order chi connectivity index (χ1) is 15.0. The number of aryl methyl sites for hydroxylation is 1. The molecule has 2 saturated carbocycles. The van der Waals surface area contributed by atoms with E-state index in [0.717, 1.165) is 49.8 Å². The van der Waals surface area contributed by atoms with Crippen LogP contribution in [0.4, 0.5) is 0 Å². The highest BCUT2D eigenvalue weighted by molar-refractivity contribution is 5.82. The van der Waals surface area contributed by atoms with Gasteiger partial charge in [0.1, 0.15) is 5.75 Å². The fraction of sp³-hybridized carbons (Fsp3) is 0.462. The average molecular weight is 419 g/mol. The molecule has 2 fully saturated rings. The molecule has 0 aromatic heterocycles. The van der Waals surface area contributed by atoms with Gasteiger partial charge in [0.25, 0.3) is 5.91 Å². The first-order valence-electron chi connectivity index (χ1n) is 11.5. The Bertz CT molecular complexity index is 992. The van der Waals surface area contributed by atoms with Gasteiger partial charge in [-0.25, -0.2) is 0 Å². The number of hydrogen-bond donors (Lipinski definition) is 1. The lowest BCUT2D eigenvalue weighted by atomic mass is 9.87. The highest BCUT2D eigenvalue weighted by Gasteiger charge is 2.39. The standard InChI is InChI=1S/C26H30N2O3/c1-16-3-5-19(6-4-16)24-23-15-22(31-17(2)25(29)27-21-10-11-21)12-9-18(23)13-14-28(24)26(30)20-7-8-20/h3-6,9,12,15,17,20-21,24H,7-8,10-11,13-14H2,1-2H3,(H,27,29)/t17-,24-/m0/s1. The van der Waals surface area contributed by atoms with Crippen molar-refractivity contribution in [2.75, 3.05) is 6.54 Å². The number of nitrogens with zero attached hydrogens (tertiary/aromatic N) is 1. The largest absolute Gasteiger partial charge is 0.481 e. The molecule has 2 aliphatic carbocycles. The van der Waals surface area contributed by atoms with Crippen molar-refractivity contribution >= 4 is 11.8 Å². The minimum absolute atomic E-state index is 0.0687. The maximum atomic E-state index is 13.1. The molecule has 2 atom stereocenters. The van der Waals surface area contributed by atoms with E-state index in [1.165, 1.54) is 11.1 Å². The third-order valence-electron chi connectivity index (χ3n) is 6.55. The Morgan fingerprint density at radius 1 is 1.06 bits per heavy atom. The van der Waals surface area contributed by atoms with Crippen LogP contribution in [0.2, 0.25) is 0 Å². The molecule has 2 aromatic rings. The minimum atomic E-state index is -0.552. The molecule has 5 nitrogen and oxygen atoms in total. The summed E-state index contributed by atoms with van der Waals surface area (Å²) >= 11 is 0. The predicted molar refractivity (Wildman–Crippen MR) is 119 cm³/mol. The summed E-state index contributed by atoms with van der Waals surface area (Å²) in [5.41, 5.74) is 4.67. The number of carbonyl (C=O) groups excluding carboxylic acids is 2. The number of carbonyl (C=O) groups is 2. The molecular formula is C26H30N2O3. The normalized spacial score (nSPS) is 21.2. The van der Waals surface area contributed by atoms with Gasteiger partial charge in [-0.3, -0.25) is 9.59 Å². The Morgan fingerprint density at radius 2 is 1.81 bits per heavy atom. The van der Waals surface area contributed by atoms with Crippen LogP contribution in [-0.4, -0.2) is 35.4 Å². The van der Waals surface area contributed by atoms with Gasteiger partial charge in [-0.1, -0.05) is 35.9 Å². The quantitative estimate of drug-likeness (QED) is 0.773. The molecule has 0 bridgehead atoms. The van der Waals surface area contributed by atoms with Crippen LogP contribution in [0.3, 0.4) is 0 Å². The van der Waals surface area contributed by atoms with Crippen LogP contribution < -0.4 is 10.1 Å². The first kappa shape index (κ1) is 20.1. The van der Waals surface area contributed by atoms with Crippen LogP contribution in [0.15, 0.2) is 42.5 Å². The lowest BCUT2D eigenvalue weighted by Gasteiger charge is -2.38. The molecule has 1 N–H and O–H groups in total. The van der Waals surface area contributed by atoms with Crippen LogP contribution in [0.25, 0.3) is 0 Å². The van der Waals surface area contributed by atoms with Crippen molar-refractivity contribution in [3.05, 3.63) is 64.7 Å². The molecule has 31 heavy (non-hydrogen) atoms. The van der Waals surface area contributed by atoms with Crippen LogP contribution in [0, 0.1) is 12.8 Å². The molecule has 2 aromatic carbocycles. The first-order valence-corrected chi connectivity index (χ1v) is 11.5. The molecule has 0 radical (unpaired) electrons. The van der Waals surface area contributed by atoms with Crippen LogP contribution in [0.1, 0.15) is 60.9 Å². The Labute approximate surface area is 183 Å². The molecule has 5 rings (SSSR count). The molecule has 5 heteroatoms. The second-order valence-corrected chi connectivity index (χ2v) is 9.27. The van der Waals surface area contributed by atoms with Crippen molar-refractivity contribution in [2.45, 2.75) is 64.1 Å². The maximum Gasteiger partial charge on any atom is 0.260 e. The highest BCUT2D eigenvalue weighted by atomic mass is 16.5. The summed E-state index contributed by atoms with van der Waals surface area (Å²) < 4.78 is 6.01. The third kappa shape index (κ3) is 4.32. The van der Waals surface area contributed by atoms with Gasteiger partial charge in [0.15, 0.2) is 6.10 Å². The van der Waals surface area contributed by atoms with Crippen LogP contribution >= 0.6 is 0 Å². The van der Waals surface area contributed by atoms with Crippen molar-refractivity contribution in [3.63, 3.8) is 0 Å². The average Bonchev–Trinajstić information content (AvgIpc) is 3.67. The monoisotopic (exact) mass is 418 g/mol. The molecule has 0 unspecified atom stereocenters. The molecule has 162 valence electrons. The van der Waals surface area contributed by atoms with Crippen molar-refractivity contribution in [3.8, 4) is 5.75 Å². The summed E-state index contributed by atoms with van der Waals surface area (Å²) in [5.74, 6) is 1.05. The van der Waals surface area contributed by atoms with E-state index in [4.69, 9.17) is 4.74 Å². The fourth-order valence-electron chi connectivity index (χ4n) is 4.38. The summed E-state index contributed by atoms with van der Waals surface area (Å²) in [4.78, 5) is 27.5. The van der Waals surface area contributed by atoms with Crippen molar-refractivity contribution in [2.24, 2.45) is 5.92 Å². The Hall–Kier alpha value is -2.82. The summed E-state index contributed by atoms with van der Waals surface area (Å²) in [6.45, 7) is 4.60. The van der Waals surface area contributed by atoms with Gasteiger partial charge in [-0.05, 0) is 74.8 Å². The van der Waals surface area contributed by atoms with Crippen molar-refractivity contribution in [1.29, 1.82) is 0 Å². The number of rotatable bonds is 6. The van der Waals surface area contributed by atoms with E-state index in [0.29, 0.717) is 11.8 Å². The fourth-order valence-corrected chi connectivity index (χ4v) is 4.38. The maximum absolute atomic E-state index is 13.1. The van der Waals surface area contributed by atoms with E-state index in [1.54, 1.807) is 6.92 Å². The zero-order chi connectivity index (χ0) is 21.5. The van der Waals surface area contributed by atoms with Crippen LogP contribution in [0.5, 0.6) is 5.75 Å².